The summed E-state index contributed by atoms with van der Waals surface area (Å²) in [6, 6.07) is 1.16. The molecule has 0 unspecified atom stereocenters. The molecule has 0 aromatic heterocycles. The summed E-state index contributed by atoms with van der Waals surface area (Å²) in [5, 5.41) is 8.98. The summed E-state index contributed by atoms with van der Waals surface area (Å²) in [6.07, 6.45) is 5.43. The van der Waals surface area contributed by atoms with E-state index in [2.05, 4.69) is 37.7 Å². The second kappa shape index (κ2) is 16.6. The van der Waals surface area contributed by atoms with E-state index in [-0.39, 0.29) is 24.3 Å². The van der Waals surface area contributed by atoms with Gasteiger partial charge in [-0.25, -0.2) is 9.59 Å². The maximum Gasteiger partial charge on any atom is 0.407 e. The van der Waals surface area contributed by atoms with Crippen molar-refractivity contribution in [2.24, 2.45) is 0 Å². The SMILES string of the molecule is CC(C)(C)OC(=O)N[C@@H]1CCNC1.CN1CCC(=O)CC1.CN1CCC(N2CC[C@@H](NC(=O)OC(C)(C)C)C2)CC1. The first-order valence-corrected chi connectivity index (χ1v) is 15.4. The fourth-order valence-electron chi connectivity index (χ4n) is 5.19. The second-order valence-corrected chi connectivity index (χ2v) is 13.8. The number of rotatable bonds is 3. The Labute approximate surface area is 248 Å². The standard InChI is InChI=1S/C15H29N3O2.C9H18N2O2.C6H11NO/c1-15(2,3)20-14(19)16-12-5-10-18(11-12)13-6-8-17(4)9-7-13;1-9(2,3)13-8(12)11-7-4-5-10-6-7;1-7-4-2-6(8)3-5-7/h12-13H,5-11H2,1-4H3,(H,16,19);7,10H,4-6H2,1-3H3,(H,11,12);2-5H2,1H3/t12-;7-;/m11./s1. The van der Waals surface area contributed by atoms with Gasteiger partial charge in [-0.2, -0.15) is 0 Å². The van der Waals surface area contributed by atoms with Crippen LogP contribution in [0.15, 0.2) is 0 Å². The highest BCUT2D eigenvalue weighted by molar-refractivity contribution is 5.79. The monoisotopic (exact) mass is 582 g/mol. The van der Waals surface area contributed by atoms with E-state index in [1.807, 2.05) is 48.6 Å². The maximum absolute atomic E-state index is 11.8. The van der Waals surface area contributed by atoms with Crippen molar-refractivity contribution >= 4 is 18.0 Å². The Hall–Kier alpha value is -1.95. The van der Waals surface area contributed by atoms with E-state index in [4.69, 9.17) is 9.47 Å². The van der Waals surface area contributed by atoms with Crippen molar-refractivity contribution in [1.29, 1.82) is 0 Å². The summed E-state index contributed by atoms with van der Waals surface area (Å²) in [5.41, 5.74) is -0.827. The number of Topliss-reactive ketones (excluding diaryl/α,β-unsaturated/α-hetero) is 1. The molecule has 4 saturated heterocycles. The molecule has 0 aromatic carbocycles. The van der Waals surface area contributed by atoms with Gasteiger partial charge in [0.15, 0.2) is 0 Å². The second-order valence-electron chi connectivity index (χ2n) is 13.8. The number of amides is 2. The minimum Gasteiger partial charge on any atom is -0.444 e. The van der Waals surface area contributed by atoms with Gasteiger partial charge >= 0.3 is 12.2 Å². The van der Waals surface area contributed by atoms with E-state index in [1.54, 1.807) is 0 Å². The Kier molecular flexibility index (Phi) is 14.3. The van der Waals surface area contributed by atoms with Crippen molar-refractivity contribution in [3.8, 4) is 0 Å². The number of hydrogen-bond donors (Lipinski definition) is 3. The molecule has 0 bridgehead atoms. The molecule has 0 spiro atoms. The first-order valence-electron chi connectivity index (χ1n) is 15.4. The molecule has 2 atom stereocenters. The number of likely N-dealkylation sites (tertiary alicyclic amines) is 3. The molecule has 0 saturated carbocycles. The van der Waals surface area contributed by atoms with E-state index in [0.29, 0.717) is 11.8 Å². The van der Waals surface area contributed by atoms with Crippen LogP contribution in [0.1, 0.15) is 80.1 Å². The van der Waals surface area contributed by atoms with Crippen LogP contribution in [0.25, 0.3) is 0 Å². The third-order valence-corrected chi connectivity index (χ3v) is 7.47. The Morgan fingerprint density at radius 3 is 1.73 bits per heavy atom. The molecular weight excluding hydrogens is 524 g/mol. The predicted molar refractivity (Wildman–Crippen MR) is 162 cm³/mol. The predicted octanol–water partition coefficient (Wildman–Crippen LogP) is 2.83. The summed E-state index contributed by atoms with van der Waals surface area (Å²) in [6.45, 7) is 19.4. The van der Waals surface area contributed by atoms with Crippen LogP contribution in [0.5, 0.6) is 0 Å². The molecule has 0 aliphatic carbocycles. The first-order chi connectivity index (χ1) is 19.1. The lowest BCUT2D eigenvalue weighted by Gasteiger charge is -2.35. The Morgan fingerprint density at radius 2 is 1.27 bits per heavy atom. The lowest BCUT2D eigenvalue weighted by Crippen LogP contribution is -2.45. The van der Waals surface area contributed by atoms with Gasteiger partial charge in [0.1, 0.15) is 17.0 Å². The molecule has 4 aliphatic heterocycles. The van der Waals surface area contributed by atoms with Crippen molar-refractivity contribution in [2.45, 2.75) is 109 Å². The van der Waals surface area contributed by atoms with E-state index in [9.17, 15) is 14.4 Å². The number of alkyl carbamates (subject to hydrolysis) is 2. The van der Waals surface area contributed by atoms with Crippen molar-refractivity contribution in [2.75, 3.05) is 66.5 Å². The highest BCUT2D eigenvalue weighted by Crippen LogP contribution is 2.21. The van der Waals surface area contributed by atoms with Crippen molar-refractivity contribution in [1.82, 2.24) is 30.7 Å². The highest BCUT2D eigenvalue weighted by Gasteiger charge is 2.31. The zero-order valence-corrected chi connectivity index (χ0v) is 27.0. The Balaban J connectivity index is 0.000000239. The zero-order chi connectivity index (χ0) is 30.6. The topological polar surface area (TPSA) is 115 Å². The number of carbonyl (C=O) groups is 3. The number of ketones is 1. The van der Waals surface area contributed by atoms with Gasteiger partial charge in [0.25, 0.3) is 0 Å². The van der Waals surface area contributed by atoms with Gasteiger partial charge in [-0.3, -0.25) is 9.69 Å². The van der Waals surface area contributed by atoms with Crippen LogP contribution in [-0.2, 0) is 14.3 Å². The maximum atomic E-state index is 11.8. The van der Waals surface area contributed by atoms with Gasteiger partial charge < -0.3 is 35.2 Å². The lowest BCUT2D eigenvalue weighted by atomic mass is 10.0. The quantitative estimate of drug-likeness (QED) is 0.462. The van der Waals surface area contributed by atoms with E-state index in [0.717, 1.165) is 65.0 Å². The van der Waals surface area contributed by atoms with Crippen molar-refractivity contribution in [3.05, 3.63) is 0 Å². The van der Waals surface area contributed by atoms with E-state index < -0.39 is 11.2 Å². The van der Waals surface area contributed by atoms with Crippen LogP contribution in [0.3, 0.4) is 0 Å². The van der Waals surface area contributed by atoms with Crippen LogP contribution in [0, 0.1) is 0 Å². The minimum absolute atomic E-state index is 0.231. The fraction of sp³-hybridized carbons (Fsp3) is 0.900. The minimum atomic E-state index is -0.420. The average molecular weight is 583 g/mol. The van der Waals surface area contributed by atoms with E-state index >= 15 is 0 Å². The van der Waals surface area contributed by atoms with Crippen LogP contribution in [-0.4, -0.2) is 128 Å². The molecule has 3 N–H and O–H groups in total. The largest absolute Gasteiger partial charge is 0.444 e. The molecule has 11 heteroatoms. The lowest BCUT2D eigenvalue weighted by molar-refractivity contribution is -0.121. The van der Waals surface area contributed by atoms with Crippen molar-refractivity contribution < 1.29 is 23.9 Å². The number of piperidine rings is 2. The van der Waals surface area contributed by atoms with Gasteiger partial charge in [-0.1, -0.05) is 0 Å². The number of carbonyl (C=O) groups excluding carboxylic acids is 3. The molecule has 0 aromatic rings. The first kappa shape index (κ1) is 35.2. The zero-order valence-electron chi connectivity index (χ0n) is 27.0. The molecule has 4 aliphatic rings. The normalized spacial score (nSPS) is 24.9. The molecule has 2 amide bonds. The van der Waals surface area contributed by atoms with Crippen molar-refractivity contribution in [3.63, 3.8) is 0 Å². The van der Waals surface area contributed by atoms with Crippen LogP contribution in [0.2, 0.25) is 0 Å². The number of hydrogen-bond acceptors (Lipinski definition) is 9. The van der Waals surface area contributed by atoms with Gasteiger partial charge in [0.2, 0.25) is 0 Å². The fourth-order valence-corrected chi connectivity index (χ4v) is 5.19. The summed E-state index contributed by atoms with van der Waals surface area (Å²) in [5.74, 6) is 0.420. The number of ether oxygens (including phenoxy) is 2. The van der Waals surface area contributed by atoms with Crippen LogP contribution >= 0.6 is 0 Å². The molecule has 4 heterocycles. The molecule has 238 valence electrons. The van der Waals surface area contributed by atoms with Crippen LogP contribution in [0.4, 0.5) is 9.59 Å². The third-order valence-electron chi connectivity index (χ3n) is 7.47. The summed E-state index contributed by atoms with van der Waals surface area (Å²) >= 11 is 0. The number of nitrogens with zero attached hydrogens (tertiary/aromatic N) is 3. The van der Waals surface area contributed by atoms with Gasteiger partial charge in [0.05, 0.1) is 0 Å². The highest BCUT2D eigenvalue weighted by atomic mass is 16.6. The average Bonchev–Trinajstić information content (AvgIpc) is 3.52. The molecular formula is C30H58N6O5. The molecule has 4 fully saturated rings. The van der Waals surface area contributed by atoms with Gasteiger partial charge in [-0.15, -0.1) is 0 Å². The van der Waals surface area contributed by atoms with Crippen LogP contribution < -0.4 is 16.0 Å². The molecule has 4 rings (SSSR count). The Morgan fingerprint density at radius 1 is 0.756 bits per heavy atom. The molecule has 41 heavy (non-hydrogen) atoms. The third kappa shape index (κ3) is 15.7. The van der Waals surface area contributed by atoms with Gasteiger partial charge in [0, 0.05) is 63.7 Å². The number of nitrogens with one attached hydrogen (secondary N) is 3. The Bertz CT molecular complexity index is 803. The molecule has 11 nitrogen and oxygen atoms in total. The summed E-state index contributed by atoms with van der Waals surface area (Å²) in [4.78, 5) is 40.7. The van der Waals surface area contributed by atoms with E-state index in [1.165, 1.54) is 25.9 Å². The molecule has 0 radical (unpaired) electrons. The summed E-state index contributed by atoms with van der Waals surface area (Å²) in [7, 11) is 4.24. The smallest absolute Gasteiger partial charge is 0.407 e. The summed E-state index contributed by atoms with van der Waals surface area (Å²) < 4.78 is 10.4. The van der Waals surface area contributed by atoms with Gasteiger partial charge in [-0.05, 0) is 101 Å².